The smallest absolute Gasteiger partial charge is 0.262 e. The molecule has 2 aromatic heterocycles. The Kier molecular flexibility index (Phi) is 5.49. The van der Waals surface area contributed by atoms with E-state index in [1.165, 1.54) is 12.3 Å². The fraction of sp³-hybridized carbons (Fsp3) is 0.0909. The van der Waals surface area contributed by atoms with Crippen molar-refractivity contribution in [2.24, 2.45) is 0 Å². The first-order chi connectivity index (χ1) is 14.6. The average molecular weight is 420 g/mol. The standard InChI is InChI=1S/C22H20N4O3S/c1-2-29-21-12-11-17(14-18(21)16-8-4-3-5-9-16)30(27,28)26-20-15-24-25-22(20)19-10-6-7-13-23-19/h3-15,26H,2H2,1H3,(H,24,25). The minimum atomic E-state index is -3.87. The number of aromatic amines is 1. The highest BCUT2D eigenvalue weighted by molar-refractivity contribution is 7.92. The molecule has 0 amide bonds. The SMILES string of the molecule is CCOc1ccc(S(=O)(=O)Nc2cn[nH]c2-c2ccccn2)cc1-c1ccccc1. The van der Waals surface area contributed by atoms with Crippen LogP contribution in [0.4, 0.5) is 5.69 Å². The molecule has 0 radical (unpaired) electrons. The van der Waals surface area contributed by atoms with E-state index < -0.39 is 10.0 Å². The molecule has 7 nitrogen and oxygen atoms in total. The Morgan fingerprint density at radius 1 is 1.03 bits per heavy atom. The Morgan fingerprint density at radius 2 is 1.83 bits per heavy atom. The Balaban J connectivity index is 1.72. The molecule has 0 unspecified atom stereocenters. The fourth-order valence-corrected chi connectivity index (χ4v) is 4.16. The Labute approximate surface area is 174 Å². The molecule has 0 aliphatic heterocycles. The van der Waals surface area contributed by atoms with Gasteiger partial charge in [0, 0.05) is 11.8 Å². The number of H-pyrrole nitrogens is 1. The van der Waals surface area contributed by atoms with Crippen molar-refractivity contribution in [3.8, 4) is 28.3 Å². The lowest BCUT2D eigenvalue weighted by molar-refractivity contribution is 0.341. The topological polar surface area (TPSA) is 97.0 Å². The summed E-state index contributed by atoms with van der Waals surface area (Å²) < 4.78 is 34.6. The van der Waals surface area contributed by atoms with Gasteiger partial charge in [0.15, 0.2) is 0 Å². The van der Waals surface area contributed by atoms with E-state index in [-0.39, 0.29) is 4.90 Å². The van der Waals surface area contributed by atoms with Crippen LogP contribution in [-0.2, 0) is 10.0 Å². The van der Waals surface area contributed by atoms with Crippen LogP contribution in [0.15, 0.2) is 84.0 Å². The second kappa shape index (κ2) is 8.38. The van der Waals surface area contributed by atoms with E-state index in [4.69, 9.17) is 4.74 Å². The molecule has 0 aliphatic rings. The van der Waals surface area contributed by atoms with E-state index in [0.717, 1.165) is 5.56 Å². The molecule has 30 heavy (non-hydrogen) atoms. The lowest BCUT2D eigenvalue weighted by atomic mass is 10.0. The molecule has 4 rings (SSSR count). The Morgan fingerprint density at radius 3 is 2.57 bits per heavy atom. The van der Waals surface area contributed by atoms with Crippen molar-refractivity contribution in [1.82, 2.24) is 15.2 Å². The summed E-state index contributed by atoms with van der Waals surface area (Å²) in [6.45, 7) is 2.37. The maximum Gasteiger partial charge on any atom is 0.262 e. The number of sulfonamides is 1. The third kappa shape index (κ3) is 4.04. The highest BCUT2D eigenvalue weighted by Crippen LogP contribution is 2.33. The molecule has 0 saturated heterocycles. The summed E-state index contributed by atoms with van der Waals surface area (Å²) in [5, 5.41) is 6.77. The van der Waals surface area contributed by atoms with E-state index in [2.05, 4.69) is 19.9 Å². The van der Waals surface area contributed by atoms with Crippen LogP contribution in [-0.4, -0.2) is 30.2 Å². The third-order valence-electron chi connectivity index (χ3n) is 4.45. The van der Waals surface area contributed by atoms with Gasteiger partial charge in [-0.2, -0.15) is 5.10 Å². The summed E-state index contributed by atoms with van der Waals surface area (Å²) in [7, 11) is -3.87. The number of nitrogens with one attached hydrogen (secondary N) is 2. The number of ether oxygens (including phenoxy) is 1. The maximum atomic E-state index is 13.1. The molecular weight excluding hydrogens is 400 g/mol. The predicted molar refractivity (Wildman–Crippen MR) is 116 cm³/mol. The number of pyridine rings is 1. The molecule has 4 aromatic rings. The summed E-state index contributed by atoms with van der Waals surface area (Å²) >= 11 is 0. The summed E-state index contributed by atoms with van der Waals surface area (Å²) in [6, 6.07) is 19.7. The second-order valence-corrected chi connectivity index (χ2v) is 8.12. The van der Waals surface area contributed by atoms with Gasteiger partial charge >= 0.3 is 0 Å². The molecule has 0 atom stereocenters. The molecular formula is C22H20N4O3S. The average Bonchev–Trinajstić information content (AvgIpc) is 3.23. The van der Waals surface area contributed by atoms with Crippen LogP contribution in [0.5, 0.6) is 5.75 Å². The highest BCUT2D eigenvalue weighted by atomic mass is 32.2. The molecule has 0 fully saturated rings. The van der Waals surface area contributed by atoms with Crippen molar-refractivity contribution in [2.45, 2.75) is 11.8 Å². The zero-order valence-electron chi connectivity index (χ0n) is 16.2. The fourth-order valence-electron chi connectivity index (χ4n) is 3.07. The molecule has 0 aliphatic carbocycles. The normalized spacial score (nSPS) is 11.2. The van der Waals surface area contributed by atoms with Crippen molar-refractivity contribution in [2.75, 3.05) is 11.3 Å². The number of aromatic nitrogens is 3. The predicted octanol–water partition coefficient (Wildman–Crippen LogP) is 4.34. The number of hydrogen-bond donors (Lipinski definition) is 2. The lowest BCUT2D eigenvalue weighted by Crippen LogP contribution is -2.13. The Bertz CT molecular complexity index is 1240. The van der Waals surface area contributed by atoms with Gasteiger partial charge in [-0.05, 0) is 42.8 Å². The minimum absolute atomic E-state index is 0.123. The first-order valence-corrected chi connectivity index (χ1v) is 10.9. The Hall–Kier alpha value is -3.65. The number of anilines is 1. The lowest BCUT2D eigenvalue weighted by Gasteiger charge is -2.14. The van der Waals surface area contributed by atoms with Gasteiger partial charge in [0.25, 0.3) is 10.0 Å². The van der Waals surface area contributed by atoms with Crippen molar-refractivity contribution in [3.05, 3.63) is 79.1 Å². The van der Waals surface area contributed by atoms with Crippen LogP contribution in [0.2, 0.25) is 0 Å². The first kappa shape index (κ1) is 19.7. The molecule has 0 saturated carbocycles. The van der Waals surface area contributed by atoms with Crippen LogP contribution in [0.1, 0.15) is 6.92 Å². The number of benzene rings is 2. The van der Waals surface area contributed by atoms with Gasteiger partial charge in [0.2, 0.25) is 0 Å². The largest absolute Gasteiger partial charge is 0.493 e. The van der Waals surface area contributed by atoms with Crippen LogP contribution in [0.3, 0.4) is 0 Å². The molecule has 0 spiro atoms. The molecule has 2 N–H and O–H groups in total. The molecule has 2 heterocycles. The van der Waals surface area contributed by atoms with Crippen LogP contribution < -0.4 is 9.46 Å². The van der Waals surface area contributed by atoms with Crippen molar-refractivity contribution in [3.63, 3.8) is 0 Å². The second-order valence-electron chi connectivity index (χ2n) is 6.44. The van der Waals surface area contributed by atoms with Gasteiger partial charge in [-0.1, -0.05) is 36.4 Å². The summed E-state index contributed by atoms with van der Waals surface area (Å²) in [4.78, 5) is 4.37. The van der Waals surface area contributed by atoms with E-state index in [9.17, 15) is 8.42 Å². The maximum absolute atomic E-state index is 13.1. The van der Waals surface area contributed by atoms with Gasteiger partial charge in [-0.3, -0.25) is 14.8 Å². The zero-order valence-corrected chi connectivity index (χ0v) is 17.1. The highest BCUT2D eigenvalue weighted by Gasteiger charge is 2.20. The monoisotopic (exact) mass is 420 g/mol. The third-order valence-corrected chi connectivity index (χ3v) is 5.81. The van der Waals surface area contributed by atoms with Crippen molar-refractivity contribution < 1.29 is 13.2 Å². The minimum Gasteiger partial charge on any atom is -0.493 e. The van der Waals surface area contributed by atoms with Crippen LogP contribution in [0, 0.1) is 0 Å². The van der Waals surface area contributed by atoms with Crippen molar-refractivity contribution in [1.29, 1.82) is 0 Å². The van der Waals surface area contributed by atoms with E-state index in [1.807, 2.05) is 43.3 Å². The number of hydrogen-bond acceptors (Lipinski definition) is 5. The van der Waals surface area contributed by atoms with Gasteiger partial charge in [-0.25, -0.2) is 8.42 Å². The van der Waals surface area contributed by atoms with E-state index >= 15 is 0 Å². The molecule has 2 aromatic carbocycles. The van der Waals surface area contributed by atoms with Gasteiger partial charge in [-0.15, -0.1) is 0 Å². The van der Waals surface area contributed by atoms with E-state index in [1.54, 1.807) is 30.5 Å². The van der Waals surface area contributed by atoms with Gasteiger partial charge < -0.3 is 4.74 Å². The number of nitrogens with zero attached hydrogens (tertiary/aromatic N) is 2. The summed E-state index contributed by atoms with van der Waals surface area (Å²) in [6.07, 6.45) is 3.06. The number of rotatable bonds is 7. The molecule has 0 bridgehead atoms. The molecule has 152 valence electrons. The van der Waals surface area contributed by atoms with Gasteiger partial charge in [0.1, 0.15) is 11.4 Å². The van der Waals surface area contributed by atoms with E-state index in [0.29, 0.717) is 35.0 Å². The van der Waals surface area contributed by atoms with Gasteiger partial charge in [0.05, 0.1) is 29.1 Å². The first-order valence-electron chi connectivity index (χ1n) is 9.38. The molecule has 8 heteroatoms. The van der Waals surface area contributed by atoms with Crippen LogP contribution >= 0.6 is 0 Å². The zero-order chi connectivity index (χ0) is 21.0. The quantitative estimate of drug-likeness (QED) is 0.464. The summed E-state index contributed by atoms with van der Waals surface area (Å²) in [5.74, 6) is 0.625. The van der Waals surface area contributed by atoms with Crippen molar-refractivity contribution >= 4 is 15.7 Å². The van der Waals surface area contributed by atoms with Crippen LogP contribution in [0.25, 0.3) is 22.5 Å². The summed E-state index contributed by atoms with van der Waals surface area (Å²) in [5.41, 5.74) is 2.98.